The first-order chi connectivity index (χ1) is 9.16. The van der Waals surface area contributed by atoms with Crippen LogP contribution in [0.25, 0.3) is 0 Å². The molecule has 2 aromatic rings. The fourth-order valence-corrected chi connectivity index (χ4v) is 1.79. The second-order valence-corrected chi connectivity index (χ2v) is 4.28. The zero-order valence-corrected chi connectivity index (χ0v) is 10.4. The van der Waals surface area contributed by atoms with Crippen molar-refractivity contribution in [3.63, 3.8) is 0 Å². The maximum atomic E-state index is 13.2. The van der Waals surface area contributed by atoms with Crippen molar-refractivity contribution in [2.45, 2.75) is 19.4 Å². The second-order valence-electron chi connectivity index (χ2n) is 4.28. The molecule has 0 saturated carbocycles. The molecule has 19 heavy (non-hydrogen) atoms. The van der Waals surface area contributed by atoms with Crippen LogP contribution in [0.1, 0.15) is 12.8 Å². The highest BCUT2D eigenvalue weighted by Crippen LogP contribution is 2.23. The maximum absolute atomic E-state index is 13.2. The van der Waals surface area contributed by atoms with Crippen LogP contribution in [0.5, 0.6) is 0 Å². The Hall–Kier alpha value is -2.11. The highest BCUT2D eigenvalue weighted by atomic mass is 19.1. The summed E-state index contributed by atoms with van der Waals surface area (Å²) in [7, 11) is 0. The Balaban J connectivity index is 1.76. The minimum absolute atomic E-state index is 0.0454. The molecule has 1 aromatic carbocycles. The van der Waals surface area contributed by atoms with Gasteiger partial charge >= 0.3 is 0 Å². The van der Waals surface area contributed by atoms with E-state index in [9.17, 15) is 8.78 Å². The topological polar surface area (TPSA) is 55.9 Å². The minimum atomic E-state index is -0.735. The van der Waals surface area contributed by atoms with Gasteiger partial charge < -0.3 is 15.6 Å². The van der Waals surface area contributed by atoms with Crippen LogP contribution in [0.15, 0.2) is 30.9 Å². The van der Waals surface area contributed by atoms with Gasteiger partial charge in [0.25, 0.3) is 0 Å². The predicted octanol–water partition coefficient (Wildman–Crippen LogP) is 2.64. The highest BCUT2D eigenvalue weighted by Gasteiger charge is 2.07. The Morgan fingerprint density at radius 1 is 1.26 bits per heavy atom. The number of anilines is 2. The molecule has 0 bridgehead atoms. The molecule has 102 valence electrons. The molecule has 0 aliphatic heterocycles. The molecule has 0 atom stereocenters. The lowest BCUT2D eigenvalue weighted by Gasteiger charge is -2.10. The van der Waals surface area contributed by atoms with Crippen molar-refractivity contribution < 1.29 is 8.78 Å². The lowest BCUT2D eigenvalue weighted by Crippen LogP contribution is -2.07. The Labute approximate surface area is 110 Å². The molecule has 6 heteroatoms. The van der Waals surface area contributed by atoms with E-state index in [2.05, 4.69) is 10.3 Å². The average Bonchev–Trinajstić information content (AvgIpc) is 2.87. The molecule has 2 rings (SSSR count). The SMILES string of the molecule is Nc1c(F)cc(F)cc1NCCCCn1ccnc1. The summed E-state index contributed by atoms with van der Waals surface area (Å²) in [5, 5.41) is 2.94. The van der Waals surface area contributed by atoms with Gasteiger partial charge in [-0.2, -0.15) is 0 Å². The van der Waals surface area contributed by atoms with Gasteiger partial charge in [0.05, 0.1) is 17.7 Å². The third kappa shape index (κ3) is 3.67. The first-order valence-electron chi connectivity index (χ1n) is 6.11. The van der Waals surface area contributed by atoms with Gasteiger partial charge in [0, 0.05) is 31.5 Å². The lowest BCUT2D eigenvalue weighted by atomic mass is 10.2. The normalized spacial score (nSPS) is 10.6. The van der Waals surface area contributed by atoms with E-state index in [4.69, 9.17) is 5.73 Å². The molecule has 0 saturated heterocycles. The summed E-state index contributed by atoms with van der Waals surface area (Å²) in [6.07, 6.45) is 7.20. The number of aromatic nitrogens is 2. The van der Waals surface area contributed by atoms with E-state index in [1.165, 1.54) is 6.07 Å². The molecule has 0 fully saturated rings. The van der Waals surface area contributed by atoms with E-state index < -0.39 is 11.6 Å². The molecule has 1 aromatic heterocycles. The van der Waals surface area contributed by atoms with Gasteiger partial charge in [0.1, 0.15) is 5.82 Å². The summed E-state index contributed by atoms with van der Waals surface area (Å²) >= 11 is 0. The molecule has 0 amide bonds. The van der Waals surface area contributed by atoms with Crippen LogP contribution < -0.4 is 11.1 Å². The summed E-state index contributed by atoms with van der Waals surface area (Å²) in [4.78, 5) is 3.95. The van der Waals surface area contributed by atoms with E-state index >= 15 is 0 Å². The van der Waals surface area contributed by atoms with E-state index in [-0.39, 0.29) is 5.69 Å². The molecule has 0 radical (unpaired) electrons. The summed E-state index contributed by atoms with van der Waals surface area (Å²) in [6.45, 7) is 1.48. The Morgan fingerprint density at radius 2 is 2.11 bits per heavy atom. The van der Waals surface area contributed by atoms with Gasteiger partial charge in [-0.3, -0.25) is 0 Å². The van der Waals surface area contributed by atoms with Crippen LogP contribution in [0, 0.1) is 11.6 Å². The largest absolute Gasteiger partial charge is 0.395 e. The smallest absolute Gasteiger partial charge is 0.151 e. The number of nitrogens with one attached hydrogen (secondary N) is 1. The molecule has 0 unspecified atom stereocenters. The maximum Gasteiger partial charge on any atom is 0.151 e. The van der Waals surface area contributed by atoms with Crippen LogP contribution in [0.3, 0.4) is 0 Å². The number of rotatable bonds is 6. The van der Waals surface area contributed by atoms with Crippen molar-refractivity contribution >= 4 is 11.4 Å². The number of hydrogen-bond donors (Lipinski definition) is 2. The molecular formula is C13H16F2N4. The van der Waals surface area contributed by atoms with E-state index in [1.807, 2.05) is 10.8 Å². The molecular weight excluding hydrogens is 250 g/mol. The number of nitrogen functional groups attached to an aromatic ring is 1. The number of hydrogen-bond acceptors (Lipinski definition) is 3. The van der Waals surface area contributed by atoms with Crippen LogP contribution in [0.4, 0.5) is 20.2 Å². The standard InChI is InChI=1S/C13H16F2N4/c14-10-7-11(15)13(16)12(8-10)18-3-1-2-5-19-6-4-17-9-19/h4,6-9,18H,1-3,5,16H2. The van der Waals surface area contributed by atoms with Crippen LogP contribution in [0.2, 0.25) is 0 Å². The minimum Gasteiger partial charge on any atom is -0.395 e. The number of nitrogens with two attached hydrogens (primary N) is 1. The van der Waals surface area contributed by atoms with E-state index in [1.54, 1.807) is 12.5 Å². The third-order valence-electron chi connectivity index (χ3n) is 2.81. The Kier molecular flexibility index (Phi) is 4.33. The van der Waals surface area contributed by atoms with Crippen molar-refractivity contribution in [3.8, 4) is 0 Å². The number of imidazole rings is 1. The van der Waals surface area contributed by atoms with Crippen molar-refractivity contribution in [2.24, 2.45) is 0 Å². The van der Waals surface area contributed by atoms with Crippen molar-refractivity contribution in [1.82, 2.24) is 9.55 Å². The van der Waals surface area contributed by atoms with Gasteiger partial charge in [-0.1, -0.05) is 0 Å². The average molecular weight is 266 g/mol. The number of unbranched alkanes of at least 4 members (excludes halogenated alkanes) is 1. The molecule has 1 heterocycles. The zero-order valence-electron chi connectivity index (χ0n) is 10.4. The molecule has 3 N–H and O–H groups in total. The predicted molar refractivity (Wildman–Crippen MR) is 70.7 cm³/mol. The van der Waals surface area contributed by atoms with E-state index in [0.29, 0.717) is 12.2 Å². The van der Waals surface area contributed by atoms with Crippen molar-refractivity contribution in [2.75, 3.05) is 17.6 Å². The fraction of sp³-hybridized carbons (Fsp3) is 0.308. The van der Waals surface area contributed by atoms with Crippen LogP contribution in [-0.2, 0) is 6.54 Å². The van der Waals surface area contributed by atoms with E-state index in [0.717, 1.165) is 25.5 Å². The number of benzene rings is 1. The Morgan fingerprint density at radius 3 is 2.84 bits per heavy atom. The summed E-state index contributed by atoms with van der Waals surface area (Å²) in [5.74, 6) is -1.37. The second kappa shape index (κ2) is 6.17. The zero-order chi connectivity index (χ0) is 13.7. The van der Waals surface area contributed by atoms with Gasteiger partial charge in [-0.15, -0.1) is 0 Å². The third-order valence-corrected chi connectivity index (χ3v) is 2.81. The van der Waals surface area contributed by atoms with Gasteiger partial charge in [0.2, 0.25) is 0 Å². The van der Waals surface area contributed by atoms with Gasteiger partial charge in [-0.05, 0) is 18.9 Å². The fourth-order valence-electron chi connectivity index (χ4n) is 1.79. The quantitative estimate of drug-likeness (QED) is 0.624. The summed E-state index contributed by atoms with van der Waals surface area (Å²) in [5.41, 5.74) is 5.79. The molecule has 4 nitrogen and oxygen atoms in total. The van der Waals surface area contributed by atoms with Crippen molar-refractivity contribution in [3.05, 3.63) is 42.5 Å². The number of nitrogens with zero attached hydrogens (tertiary/aromatic N) is 2. The summed E-state index contributed by atoms with van der Waals surface area (Å²) < 4.78 is 28.2. The van der Waals surface area contributed by atoms with Gasteiger partial charge in [0.15, 0.2) is 5.82 Å². The lowest BCUT2D eigenvalue weighted by molar-refractivity contribution is 0.586. The molecule has 0 aliphatic rings. The highest BCUT2D eigenvalue weighted by molar-refractivity contribution is 5.66. The molecule has 0 spiro atoms. The summed E-state index contributed by atoms with van der Waals surface area (Å²) in [6, 6.07) is 1.98. The van der Waals surface area contributed by atoms with Crippen LogP contribution >= 0.6 is 0 Å². The molecule has 0 aliphatic carbocycles. The first kappa shape index (κ1) is 13.3. The Bertz CT molecular complexity index is 526. The monoisotopic (exact) mass is 266 g/mol. The van der Waals surface area contributed by atoms with Gasteiger partial charge in [-0.25, -0.2) is 13.8 Å². The first-order valence-corrected chi connectivity index (χ1v) is 6.11. The number of aryl methyl sites for hydroxylation is 1. The van der Waals surface area contributed by atoms with Crippen LogP contribution in [-0.4, -0.2) is 16.1 Å². The van der Waals surface area contributed by atoms with Crippen molar-refractivity contribution in [1.29, 1.82) is 0 Å². The number of halogens is 2.